The van der Waals surface area contributed by atoms with Gasteiger partial charge in [-0.2, -0.15) is 4.98 Å². The van der Waals surface area contributed by atoms with Gasteiger partial charge in [-0.1, -0.05) is 48.5 Å². The molecule has 0 radical (unpaired) electrons. The van der Waals surface area contributed by atoms with Crippen molar-refractivity contribution < 1.29 is 23.7 Å². The highest BCUT2D eigenvalue weighted by Crippen LogP contribution is 2.40. The lowest BCUT2D eigenvalue weighted by atomic mass is 9.97. The number of nitrogen functional groups attached to an aromatic ring is 1. The Morgan fingerprint density at radius 1 is 1.18 bits per heavy atom. The van der Waals surface area contributed by atoms with Gasteiger partial charge in [-0.3, -0.25) is 4.57 Å². The number of hydrogen-bond donors (Lipinski definition) is 2. The van der Waals surface area contributed by atoms with Crippen LogP contribution >= 0.6 is 15.9 Å². The highest BCUT2D eigenvalue weighted by atomic mass is 79.9. The molecule has 1 fully saturated rings. The van der Waals surface area contributed by atoms with Crippen LogP contribution in [0.3, 0.4) is 0 Å². The number of anilines is 1. The van der Waals surface area contributed by atoms with E-state index < -0.39 is 36.4 Å². The van der Waals surface area contributed by atoms with E-state index in [1.807, 2.05) is 36.4 Å². The Morgan fingerprint density at radius 3 is 2.52 bits per heavy atom. The Balaban J connectivity index is 1.65. The van der Waals surface area contributed by atoms with Gasteiger partial charge in [-0.05, 0) is 33.6 Å². The first-order chi connectivity index (χ1) is 15.9. The van der Waals surface area contributed by atoms with Gasteiger partial charge >= 0.3 is 5.69 Å². The summed E-state index contributed by atoms with van der Waals surface area (Å²) in [6.45, 7) is -1.17. The summed E-state index contributed by atoms with van der Waals surface area (Å²) in [6, 6.07) is 18.1. The van der Waals surface area contributed by atoms with Crippen LogP contribution in [0.4, 0.5) is 10.2 Å². The topological polar surface area (TPSA) is 109 Å². The molecule has 3 N–H and O–H groups in total. The number of para-hydroxylation sites is 1. The van der Waals surface area contributed by atoms with Gasteiger partial charge in [0.1, 0.15) is 37.1 Å². The number of ether oxygens (including phenoxy) is 3. The Kier molecular flexibility index (Phi) is 7.08. The lowest BCUT2D eigenvalue weighted by molar-refractivity contribution is -0.148. The summed E-state index contributed by atoms with van der Waals surface area (Å²) in [6.07, 6.45) is -2.45. The highest BCUT2D eigenvalue weighted by Gasteiger charge is 2.57. The van der Waals surface area contributed by atoms with Crippen LogP contribution in [0, 0.1) is 0 Å². The average molecular weight is 520 g/mol. The minimum Gasteiger partial charge on any atom is -0.490 e. The third kappa shape index (κ3) is 4.93. The summed E-state index contributed by atoms with van der Waals surface area (Å²) in [4.78, 5) is 16.2. The number of alkyl halides is 1. The molecule has 1 aromatic heterocycles. The highest BCUT2D eigenvalue weighted by molar-refractivity contribution is 9.10. The van der Waals surface area contributed by atoms with Gasteiger partial charge in [-0.15, -0.1) is 0 Å². The van der Waals surface area contributed by atoms with Gasteiger partial charge < -0.3 is 25.1 Å². The molecule has 33 heavy (non-hydrogen) atoms. The maximum absolute atomic E-state index is 14.6. The van der Waals surface area contributed by atoms with E-state index in [1.54, 1.807) is 24.3 Å². The number of hydrogen-bond acceptors (Lipinski definition) is 7. The molecule has 4 atom stereocenters. The first kappa shape index (κ1) is 23.4. The summed E-state index contributed by atoms with van der Waals surface area (Å²) in [7, 11) is 0. The molecule has 0 aliphatic carbocycles. The van der Waals surface area contributed by atoms with Gasteiger partial charge in [0, 0.05) is 6.20 Å². The van der Waals surface area contributed by atoms with E-state index in [0.29, 0.717) is 10.2 Å². The van der Waals surface area contributed by atoms with Gasteiger partial charge in [0.25, 0.3) is 0 Å². The van der Waals surface area contributed by atoms with Gasteiger partial charge in [-0.25, -0.2) is 9.18 Å². The Morgan fingerprint density at radius 2 is 1.85 bits per heavy atom. The van der Waals surface area contributed by atoms with Gasteiger partial charge in [0.2, 0.25) is 0 Å². The van der Waals surface area contributed by atoms with Crippen molar-refractivity contribution in [2.45, 2.75) is 30.6 Å². The van der Waals surface area contributed by atoms with Crippen LogP contribution in [-0.2, 0) is 16.1 Å². The Bertz CT molecular complexity index is 1130. The molecule has 1 aliphatic heterocycles. The molecule has 8 nitrogen and oxygen atoms in total. The van der Waals surface area contributed by atoms with Crippen molar-refractivity contribution >= 4 is 21.7 Å². The molecule has 0 bridgehead atoms. The zero-order chi connectivity index (χ0) is 23.4. The fourth-order valence-corrected chi connectivity index (χ4v) is 4.00. The van der Waals surface area contributed by atoms with Crippen LogP contribution in [0.5, 0.6) is 5.75 Å². The quantitative estimate of drug-likeness (QED) is 0.470. The lowest BCUT2D eigenvalue weighted by Gasteiger charge is -2.31. The monoisotopic (exact) mass is 519 g/mol. The summed E-state index contributed by atoms with van der Waals surface area (Å²) in [5.74, 6) is 0.493. The molecule has 3 aromatic rings. The second kappa shape index (κ2) is 10.0. The van der Waals surface area contributed by atoms with Gasteiger partial charge in [0.05, 0.1) is 11.1 Å². The molecule has 2 aromatic carbocycles. The van der Waals surface area contributed by atoms with Crippen molar-refractivity contribution in [2.75, 3.05) is 19.0 Å². The van der Waals surface area contributed by atoms with Crippen LogP contribution in [0.15, 0.2) is 76.1 Å². The number of nitrogens with two attached hydrogens (primary N) is 1. The molecule has 1 saturated heterocycles. The predicted molar refractivity (Wildman–Crippen MR) is 122 cm³/mol. The fourth-order valence-electron chi connectivity index (χ4n) is 3.69. The van der Waals surface area contributed by atoms with E-state index in [4.69, 9.17) is 19.9 Å². The van der Waals surface area contributed by atoms with E-state index in [2.05, 4.69) is 20.9 Å². The van der Waals surface area contributed by atoms with Crippen molar-refractivity contribution in [2.24, 2.45) is 0 Å². The van der Waals surface area contributed by atoms with Crippen molar-refractivity contribution in [1.82, 2.24) is 9.55 Å². The number of aliphatic hydroxyl groups excluding tert-OH is 1. The first-order valence-corrected chi connectivity index (χ1v) is 11.0. The molecule has 0 amide bonds. The van der Waals surface area contributed by atoms with Crippen molar-refractivity contribution in [3.63, 3.8) is 0 Å². The van der Waals surface area contributed by atoms with E-state index in [-0.39, 0.29) is 19.0 Å². The van der Waals surface area contributed by atoms with Crippen LogP contribution in [0.2, 0.25) is 0 Å². The third-order valence-electron chi connectivity index (χ3n) is 5.41. The molecule has 174 valence electrons. The van der Waals surface area contributed by atoms with E-state index in [1.165, 1.54) is 6.20 Å². The molecule has 0 spiro atoms. The molecular weight excluding hydrogens is 497 g/mol. The standard InChI is InChI=1S/C23H23BrFN3O5/c24-17-11-28(22(30)27-20(17)26)21-18(29)19(31-12-15-7-3-1-4-8-15)23(13-25,33-21)14-32-16-9-5-2-6-10-16/h1-11,18-19,21,29H,12-14H2,(H2,26,27,30)/t18-,19+,21-,23-/m1/s1. The maximum atomic E-state index is 14.6. The SMILES string of the molecule is Nc1nc(=O)n([C@@H]2O[C@](CF)(COc3ccccc3)[C@@H](OCc3ccccc3)[C@H]2O)cc1Br. The number of aliphatic hydroxyl groups is 1. The molecular formula is C23H23BrFN3O5. The van der Waals surface area contributed by atoms with Gasteiger partial charge in [0.15, 0.2) is 11.8 Å². The van der Waals surface area contributed by atoms with E-state index in [0.717, 1.165) is 10.1 Å². The Hall–Kier alpha value is -2.79. The normalized spacial score (nSPS) is 24.6. The lowest BCUT2D eigenvalue weighted by Crippen LogP contribution is -2.51. The third-order valence-corrected chi connectivity index (χ3v) is 6.02. The second-order valence-corrected chi connectivity index (χ2v) is 8.53. The van der Waals surface area contributed by atoms with E-state index in [9.17, 15) is 14.3 Å². The number of benzene rings is 2. The molecule has 0 unspecified atom stereocenters. The summed E-state index contributed by atoms with van der Waals surface area (Å²) in [5, 5.41) is 11.1. The average Bonchev–Trinajstić information content (AvgIpc) is 3.11. The number of halogens is 2. The smallest absolute Gasteiger partial charge is 0.351 e. The van der Waals surface area contributed by atoms with Crippen LogP contribution < -0.4 is 16.2 Å². The minimum absolute atomic E-state index is 0.00946. The van der Waals surface area contributed by atoms with Crippen molar-refractivity contribution in [1.29, 1.82) is 0 Å². The van der Waals surface area contributed by atoms with Crippen molar-refractivity contribution in [3.8, 4) is 5.75 Å². The van der Waals surface area contributed by atoms with Crippen LogP contribution in [0.1, 0.15) is 11.8 Å². The summed E-state index contributed by atoms with van der Waals surface area (Å²) < 4.78 is 33.7. The number of rotatable bonds is 8. The first-order valence-electron chi connectivity index (χ1n) is 10.2. The maximum Gasteiger partial charge on any atom is 0.351 e. The van der Waals surface area contributed by atoms with Crippen LogP contribution in [0.25, 0.3) is 0 Å². The van der Waals surface area contributed by atoms with Crippen molar-refractivity contribution in [3.05, 3.63) is 87.4 Å². The zero-order valence-electron chi connectivity index (χ0n) is 17.5. The summed E-state index contributed by atoms with van der Waals surface area (Å²) >= 11 is 3.22. The van der Waals surface area contributed by atoms with E-state index >= 15 is 0 Å². The zero-order valence-corrected chi connectivity index (χ0v) is 19.1. The minimum atomic E-state index is -1.68. The predicted octanol–water partition coefficient (Wildman–Crippen LogP) is 2.85. The fraction of sp³-hybridized carbons (Fsp3) is 0.304. The molecule has 2 heterocycles. The second-order valence-electron chi connectivity index (χ2n) is 7.68. The molecule has 10 heteroatoms. The Labute approximate surface area is 197 Å². The number of aromatic nitrogens is 2. The van der Waals surface area contributed by atoms with Crippen LogP contribution in [-0.4, -0.2) is 45.7 Å². The largest absolute Gasteiger partial charge is 0.490 e. The molecule has 0 saturated carbocycles. The summed E-state index contributed by atoms with van der Waals surface area (Å²) in [5.41, 5.74) is 4.08. The number of nitrogens with zero attached hydrogens (tertiary/aromatic N) is 2. The molecule has 1 aliphatic rings. The molecule has 4 rings (SSSR count).